The summed E-state index contributed by atoms with van der Waals surface area (Å²) in [7, 11) is 0. The van der Waals surface area contributed by atoms with E-state index >= 15 is 0 Å². The topological polar surface area (TPSA) is 78.9 Å². The van der Waals surface area contributed by atoms with Crippen LogP contribution in [0, 0.1) is 17.1 Å². The zero-order chi connectivity index (χ0) is 17.1. The molecule has 0 atom stereocenters. The van der Waals surface area contributed by atoms with Gasteiger partial charge in [-0.3, -0.25) is 0 Å². The number of nitrogens with zero attached hydrogens (tertiary/aromatic N) is 3. The lowest BCUT2D eigenvalue weighted by molar-refractivity contribution is -0.132. The molecule has 0 aliphatic rings. The molecule has 2 aromatic heterocycles. The number of aliphatic carboxylic acids is 1. The van der Waals surface area contributed by atoms with Crippen molar-refractivity contribution in [2.75, 3.05) is 0 Å². The molecule has 0 aliphatic carbocycles. The molecule has 2 heterocycles. The number of carboxylic acids is 1. The third-order valence-corrected chi connectivity index (χ3v) is 3.61. The van der Waals surface area contributed by atoms with Crippen LogP contribution in [0.2, 0.25) is 0 Å². The summed E-state index contributed by atoms with van der Waals surface area (Å²) in [4.78, 5) is 15.3. The Kier molecular flexibility index (Phi) is 4.08. The van der Waals surface area contributed by atoms with Crippen LogP contribution in [0.1, 0.15) is 11.1 Å². The first kappa shape index (κ1) is 15.4. The first-order chi connectivity index (χ1) is 11.6. The second-order valence-corrected chi connectivity index (χ2v) is 5.15. The van der Waals surface area contributed by atoms with Crippen molar-refractivity contribution in [2.24, 2.45) is 0 Å². The van der Waals surface area contributed by atoms with Crippen molar-refractivity contribution < 1.29 is 14.3 Å². The fraction of sp³-hybridized carbons (Fsp3) is 0.0556. The van der Waals surface area contributed by atoms with Gasteiger partial charge in [-0.15, -0.1) is 0 Å². The van der Waals surface area contributed by atoms with E-state index in [1.165, 1.54) is 12.1 Å². The van der Waals surface area contributed by atoms with Gasteiger partial charge in [-0.05, 0) is 24.3 Å². The highest BCUT2D eigenvalue weighted by Crippen LogP contribution is 2.23. The maximum Gasteiger partial charge on any atom is 0.346 e. The van der Waals surface area contributed by atoms with Gasteiger partial charge in [-0.25, -0.2) is 14.2 Å². The zero-order valence-electron chi connectivity index (χ0n) is 12.5. The minimum Gasteiger partial charge on any atom is -0.477 e. The predicted octanol–water partition coefficient (Wildman–Crippen LogP) is 3.22. The average Bonchev–Trinajstić information content (AvgIpc) is 2.92. The lowest BCUT2D eigenvalue weighted by atomic mass is 10.1. The fourth-order valence-corrected chi connectivity index (χ4v) is 2.49. The Morgan fingerprint density at radius 3 is 2.83 bits per heavy atom. The quantitative estimate of drug-likeness (QED) is 0.591. The van der Waals surface area contributed by atoms with Crippen LogP contribution in [0.25, 0.3) is 17.1 Å². The maximum atomic E-state index is 13.9. The van der Waals surface area contributed by atoms with Gasteiger partial charge in [0.1, 0.15) is 23.1 Å². The van der Waals surface area contributed by atoms with Gasteiger partial charge in [0.15, 0.2) is 0 Å². The number of fused-ring (bicyclic) bond motifs is 1. The number of carbonyl (C=O) groups is 1. The van der Waals surface area contributed by atoms with E-state index in [-0.39, 0.29) is 17.9 Å². The second-order valence-electron chi connectivity index (χ2n) is 5.15. The van der Waals surface area contributed by atoms with Crippen LogP contribution in [0.4, 0.5) is 4.39 Å². The molecule has 0 radical (unpaired) electrons. The Morgan fingerprint density at radius 2 is 2.12 bits per heavy atom. The summed E-state index contributed by atoms with van der Waals surface area (Å²) in [5.41, 5.74) is 1.26. The van der Waals surface area contributed by atoms with Crippen LogP contribution in [-0.4, -0.2) is 20.6 Å². The SMILES string of the molecule is N#C/C(=C\c1cn(Cc2ccccc2F)c2ncccc12)C(=O)O. The van der Waals surface area contributed by atoms with Crippen molar-refractivity contribution >= 4 is 23.1 Å². The Balaban J connectivity index is 2.12. The normalized spacial score (nSPS) is 11.4. The molecule has 1 aromatic carbocycles. The van der Waals surface area contributed by atoms with Crippen LogP contribution in [0.5, 0.6) is 0 Å². The number of carboxylic acid groups (broad SMARTS) is 1. The molecule has 0 unspecified atom stereocenters. The lowest BCUT2D eigenvalue weighted by Gasteiger charge is -2.05. The van der Waals surface area contributed by atoms with E-state index in [4.69, 9.17) is 10.4 Å². The Bertz CT molecular complexity index is 999. The Labute approximate surface area is 136 Å². The van der Waals surface area contributed by atoms with Crippen molar-refractivity contribution in [3.63, 3.8) is 0 Å². The monoisotopic (exact) mass is 321 g/mol. The van der Waals surface area contributed by atoms with E-state index < -0.39 is 5.97 Å². The van der Waals surface area contributed by atoms with E-state index in [2.05, 4.69) is 4.98 Å². The average molecular weight is 321 g/mol. The van der Waals surface area contributed by atoms with Crippen molar-refractivity contribution in [2.45, 2.75) is 6.54 Å². The molecular weight excluding hydrogens is 309 g/mol. The van der Waals surface area contributed by atoms with Gasteiger partial charge in [0.2, 0.25) is 0 Å². The molecule has 0 bridgehead atoms. The molecule has 3 rings (SSSR count). The van der Waals surface area contributed by atoms with Crippen molar-refractivity contribution in [1.82, 2.24) is 9.55 Å². The standard InChI is InChI=1S/C18H12FN3O2/c19-16-6-2-1-4-12(16)10-22-11-14(8-13(9-20)18(23)24)15-5-3-7-21-17(15)22/h1-8,11H,10H2,(H,23,24)/b13-8+. The first-order valence-electron chi connectivity index (χ1n) is 7.12. The molecule has 1 N–H and O–H groups in total. The molecule has 118 valence electrons. The number of benzene rings is 1. The van der Waals surface area contributed by atoms with Crippen molar-refractivity contribution in [1.29, 1.82) is 5.26 Å². The summed E-state index contributed by atoms with van der Waals surface area (Å²) >= 11 is 0. The maximum absolute atomic E-state index is 13.9. The Hall–Kier alpha value is -3.46. The molecule has 0 saturated heterocycles. The number of halogens is 1. The molecule has 5 nitrogen and oxygen atoms in total. The van der Waals surface area contributed by atoms with Gasteiger partial charge < -0.3 is 9.67 Å². The van der Waals surface area contributed by atoms with Crippen LogP contribution in [0.3, 0.4) is 0 Å². The number of rotatable bonds is 4. The number of aromatic nitrogens is 2. The Morgan fingerprint density at radius 1 is 1.33 bits per heavy atom. The van der Waals surface area contributed by atoms with E-state index in [0.717, 1.165) is 0 Å². The summed E-state index contributed by atoms with van der Waals surface area (Å²) in [6.45, 7) is 0.253. The van der Waals surface area contributed by atoms with Gasteiger partial charge in [0, 0.05) is 28.9 Å². The smallest absolute Gasteiger partial charge is 0.346 e. The van der Waals surface area contributed by atoms with Gasteiger partial charge in [-0.1, -0.05) is 18.2 Å². The molecule has 3 aromatic rings. The summed E-state index contributed by atoms with van der Waals surface area (Å²) < 4.78 is 15.6. The number of pyridine rings is 1. The minimum atomic E-state index is -1.30. The van der Waals surface area contributed by atoms with Crippen LogP contribution >= 0.6 is 0 Å². The highest BCUT2D eigenvalue weighted by Gasteiger charge is 2.13. The van der Waals surface area contributed by atoms with Crippen LogP contribution in [-0.2, 0) is 11.3 Å². The summed E-state index contributed by atoms with van der Waals surface area (Å²) in [5.74, 6) is -1.62. The van der Waals surface area contributed by atoms with Gasteiger partial charge >= 0.3 is 5.97 Å². The minimum absolute atomic E-state index is 0.253. The van der Waals surface area contributed by atoms with Gasteiger partial charge in [-0.2, -0.15) is 5.26 Å². The summed E-state index contributed by atoms with van der Waals surface area (Å²) in [6.07, 6.45) is 4.57. The molecule has 0 fully saturated rings. The summed E-state index contributed by atoms with van der Waals surface area (Å²) in [5, 5.41) is 18.7. The van der Waals surface area contributed by atoms with Crippen LogP contribution in [0.15, 0.2) is 54.4 Å². The van der Waals surface area contributed by atoms with Crippen molar-refractivity contribution in [3.8, 4) is 6.07 Å². The molecular formula is C18H12FN3O2. The lowest BCUT2D eigenvalue weighted by Crippen LogP contribution is -2.01. The zero-order valence-corrected chi connectivity index (χ0v) is 12.5. The molecule has 0 aliphatic heterocycles. The molecule has 6 heteroatoms. The van der Waals surface area contributed by atoms with Crippen LogP contribution < -0.4 is 0 Å². The van der Waals surface area contributed by atoms with E-state index in [1.54, 1.807) is 53.4 Å². The highest BCUT2D eigenvalue weighted by molar-refractivity contribution is 5.99. The third kappa shape index (κ3) is 2.88. The highest BCUT2D eigenvalue weighted by atomic mass is 19.1. The van der Waals surface area contributed by atoms with Crippen molar-refractivity contribution in [3.05, 3.63) is 71.3 Å². The van der Waals surface area contributed by atoms with Gasteiger partial charge in [0.25, 0.3) is 0 Å². The number of nitriles is 1. The van der Waals surface area contributed by atoms with Gasteiger partial charge in [0.05, 0.1) is 6.54 Å². The molecule has 0 spiro atoms. The molecule has 0 amide bonds. The largest absolute Gasteiger partial charge is 0.477 e. The predicted molar refractivity (Wildman–Crippen MR) is 86.5 cm³/mol. The van der Waals surface area contributed by atoms with E-state index in [1.807, 2.05) is 0 Å². The first-order valence-corrected chi connectivity index (χ1v) is 7.12. The molecule has 24 heavy (non-hydrogen) atoms. The van der Waals surface area contributed by atoms with E-state index in [0.29, 0.717) is 22.2 Å². The number of hydrogen-bond donors (Lipinski definition) is 1. The summed E-state index contributed by atoms with van der Waals surface area (Å²) in [6, 6.07) is 11.6. The van der Waals surface area contributed by atoms with E-state index in [9.17, 15) is 9.18 Å². The fourth-order valence-electron chi connectivity index (χ4n) is 2.49. The third-order valence-electron chi connectivity index (χ3n) is 3.61. The molecule has 0 saturated carbocycles. The number of hydrogen-bond acceptors (Lipinski definition) is 3. The second kappa shape index (κ2) is 6.34.